The van der Waals surface area contributed by atoms with Gasteiger partial charge in [0.1, 0.15) is 0 Å². The number of hydrogen-bond acceptors (Lipinski definition) is 6. The molecule has 0 amide bonds. The van der Waals surface area contributed by atoms with Gasteiger partial charge in [-0.3, -0.25) is 0 Å². The SMILES string of the molecule is O=C(O)OC1=C(c2ccc3c(c2)OCO3)c2ccccc2S(=O)(=O)N1c1ccccc1-n1cccc1. The lowest BCUT2D eigenvalue weighted by atomic mass is 9.97. The van der Waals surface area contributed by atoms with Crippen molar-refractivity contribution in [3.05, 3.63) is 108 Å². The van der Waals surface area contributed by atoms with Crippen molar-refractivity contribution in [2.75, 3.05) is 11.1 Å². The Morgan fingerprint density at radius 1 is 0.861 bits per heavy atom. The molecule has 2 aliphatic heterocycles. The maximum Gasteiger partial charge on any atom is 0.512 e. The number of carboxylic acid groups (broad SMARTS) is 1. The van der Waals surface area contributed by atoms with Crippen LogP contribution in [0.1, 0.15) is 11.1 Å². The van der Waals surface area contributed by atoms with Crippen molar-refractivity contribution in [1.29, 1.82) is 0 Å². The Kier molecular flexibility index (Phi) is 4.97. The number of hydrogen-bond donors (Lipinski definition) is 1. The Morgan fingerprint density at radius 2 is 1.56 bits per heavy atom. The second-order valence-corrected chi connectivity index (χ2v) is 9.72. The molecule has 2 aliphatic rings. The van der Waals surface area contributed by atoms with Crippen molar-refractivity contribution >= 4 is 27.4 Å². The van der Waals surface area contributed by atoms with Gasteiger partial charge in [-0.2, -0.15) is 4.31 Å². The maximum atomic E-state index is 14.0. The van der Waals surface area contributed by atoms with Gasteiger partial charge in [-0.15, -0.1) is 0 Å². The van der Waals surface area contributed by atoms with Crippen molar-refractivity contribution in [2.45, 2.75) is 4.90 Å². The molecular weight excluding hydrogens is 484 g/mol. The van der Waals surface area contributed by atoms with E-state index < -0.39 is 16.2 Å². The van der Waals surface area contributed by atoms with E-state index in [1.165, 1.54) is 6.07 Å². The number of carbonyl (C=O) groups is 1. The van der Waals surface area contributed by atoms with Crippen LogP contribution in [0.5, 0.6) is 11.5 Å². The third kappa shape index (κ3) is 3.38. The van der Waals surface area contributed by atoms with Crippen LogP contribution >= 0.6 is 0 Å². The van der Waals surface area contributed by atoms with Gasteiger partial charge in [0.15, 0.2) is 11.5 Å². The van der Waals surface area contributed by atoms with E-state index in [0.29, 0.717) is 28.3 Å². The average molecular weight is 503 g/mol. The quantitative estimate of drug-likeness (QED) is 0.399. The molecule has 9 nitrogen and oxygen atoms in total. The van der Waals surface area contributed by atoms with Crippen LogP contribution in [0.25, 0.3) is 11.3 Å². The normalized spacial score (nSPS) is 15.5. The lowest BCUT2D eigenvalue weighted by Crippen LogP contribution is -2.37. The fraction of sp³-hybridized carbons (Fsp3) is 0.0385. The molecule has 0 saturated carbocycles. The number of nitrogens with zero attached hydrogens (tertiary/aromatic N) is 2. The number of sulfonamides is 1. The van der Waals surface area contributed by atoms with Crippen LogP contribution in [-0.2, 0) is 14.8 Å². The zero-order valence-corrected chi connectivity index (χ0v) is 19.4. The van der Waals surface area contributed by atoms with Gasteiger partial charge in [0, 0.05) is 18.0 Å². The molecule has 0 radical (unpaired) electrons. The first-order valence-electron chi connectivity index (χ1n) is 10.9. The highest BCUT2D eigenvalue weighted by atomic mass is 32.2. The standard InChI is InChI=1S/C26H18N2O7S/c29-26(30)35-25-24(17-11-12-21-22(15-17)34-16-33-21)18-7-1-4-10-23(18)36(31,32)28(25)20-9-3-2-8-19(20)27-13-5-6-14-27/h1-15H,16H2,(H,29,30). The highest BCUT2D eigenvalue weighted by molar-refractivity contribution is 7.93. The van der Waals surface area contributed by atoms with Crippen LogP contribution in [0, 0.1) is 0 Å². The first-order chi connectivity index (χ1) is 17.4. The Bertz CT molecular complexity index is 1640. The van der Waals surface area contributed by atoms with Crippen molar-refractivity contribution in [2.24, 2.45) is 0 Å². The van der Waals surface area contributed by atoms with E-state index in [1.807, 2.05) is 0 Å². The molecule has 0 unspecified atom stereocenters. The molecule has 6 rings (SSSR count). The summed E-state index contributed by atoms with van der Waals surface area (Å²) in [7, 11) is -4.28. The number of fused-ring (bicyclic) bond motifs is 2. The van der Waals surface area contributed by atoms with Crippen molar-refractivity contribution in [3.8, 4) is 17.2 Å². The predicted octanol–water partition coefficient (Wildman–Crippen LogP) is 4.83. The van der Waals surface area contributed by atoms with Gasteiger partial charge < -0.3 is 23.9 Å². The third-order valence-electron chi connectivity index (χ3n) is 5.90. The lowest BCUT2D eigenvalue weighted by molar-refractivity contribution is 0.119. The summed E-state index contributed by atoms with van der Waals surface area (Å²) in [4.78, 5) is 11.9. The zero-order chi connectivity index (χ0) is 24.9. The molecule has 0 fully saturated rings. The van der Waals surface area contributed by atoms with Crippen LogP contribution < -0.4 is 13.8 Å². The monoisotopic (exact) mass is 502 g/mol. The number of anilines is 1. The number of benzene rings is 3. The second kappa shape index (κ2) is 8.21. The molecule has 36 heavy (non-hydrogen) atoms. The van der Waals surface area contributed by atoms with Gasteiger partial charge in [0.05, 0.1) is 21.8 Å². The fourth-order valence-electron chi connectivity index (χ4n) is 4.42. The molecular formula is C26H18N2O7S. The van der Waals surface area contributed by atoms with Crippen LogP contribution in [0.15, 0.2) is 102 Å². The zero-order valence-electron chi connectivity index (χ0n) is 18.6. The number of rotatable bonds is 4. The summed E-state index contributed by atoms with van der Waals surface area (Å²) in [6.07, 6.45) is 1.88. The molecule has 4 aromatic rings. The van der Waals surface area contributed by atoms with Crippen molar-refractivity contribution in [1.82, 2.24) is 4.57 Å². The van der Waals surface area contributed by atoms with Crippen LogP contribution in [0.2, 0.25) is 0 Å². The van der Waals surface area contributed by atoms with E-state index >= 15 is 0 Å². The Hall–Kier alpha value is -4.70. The van der Waals surface area contributed by atoms with Crippen LogP contribution in [0.3, 0.4) is 0 Å². The van der Waals surface area contributed by atoms with Gasteiger partial charge >= 0.3 is 6.16 Å². The molecule has 10 heteroatoms. The Morgan fingerprint density at radius 3 is 2.33 bits per heavy atom. The van der Waals surface area contributed by atoms with Crippen molar-refractivity contribution in [3.63, 3.8) is 0 Å². The van der Waals surface area contributed by atoms with Crippen molar-refractivity contribution < 1.29 is 32.5 Å². The number of ether oxygens (including phenoxy) is 3. The summed E-state index contributed by atoms with van der Waals surface area (Å²) in [6.45, 7) is 0.0532. The van der Waals surface area contributed by atoms with Gasteiger partial charge in [-0.25, -0.2) is 13.2 Å². The van der Waals surface area contributed by atoms with E-state index in [2.05, 4.69) is 0 Å². The Balaban J connectivity index is 1.70. The molecule has 0 aliphatic carbocycles. The minimum Gasteiger partial charge on any atom is -0.454 e. The van der Waals surface area contributed by atoms with E-state index in [4.69, 9.17) is 14.2 Å². The van der Waals surface area contributed by atoms with Crippen LogP contribution in [-0.4, -0.2) is 31.0 Å². The van der Waals surface area contributed by atoms with E-state index in [-0.39, 0.29) is 28.8 Å². The minimum atomic E-state index is -4.28. The maximum absolute atomic E-state index is 14.0. The first-order valence-corrected chi connectivity index (χ1v) is 12.3. The topological polar surface area (TPSA) is 107 Å². The summed E-state index contributed by atoms with van der Waals surface area (Å²) in [5.41, 5.74) is 1.83. The predicted molar refractivity (Wildman–Crippen MR) is 130 cm³/mol. The average Bonchev–Trinajstić information content (AvgIpc) is 3.56. The molecule has 1 N–H and O–H groups in total. The lowest BCUT2D eigenvalue weighted by Gasteiger charge is -2.33. The molecule has 1 aromatic heterocycles. The highest BCUT2D eigenvalue weighted by Crippen LogP contribution is 2.46. The number of para-hydroxylation sites is 2. The van der Waals surface area contributed by atoms with E-state index in [1.54, 1.807) is 89.8 Å². The highest BCUT2D eigenvalue weighted by Gasteiger charge is 2.42. The Labute approximate surface area is 206 Å². The smallest absolute Gasteiger partial charge is 0.454 e. The molecule has 0 bridgehead atoms. The van der Waals surface area contributed by atoms with E-state index in [9.17, 15) is 18.3 Å². The van der Waals surface area contributed by atoms with Gasteiger partial charge in [0.2, 0.25) is 12.7 Å². The van der Waals surface area contributed by atoms with Gasteiger partial charge in [-0.1, -0.05) is 36.4 Å². The van der Waals surface area contributed by atoms with Crippen LogP contribution in [0.4, 0.5) is 10.5 Å². The van der Waals surface area contributed by atoms with Gasteiger partial charge in [0.25, 0.3) is 10.0 Å². The summed E-state index contributed by atoms with van der Waals surface area (Å²) >= 11 is 0. The fourth-order valence-corrected chi connectivity index (χ4v) is 6.07. The van der Waals surface area contributed by atoms with E-state index in [0.717, 1.165) is 4.31 Å². The second-order valence-electron chi connectivity index (χ2n) is 7.96. The third-order valence-corrected chi connectivity index (χ3v) is 7.66. The summed E-state index contributed by atoms with van der Waals surface area (Å²) < 4.78 is 47.0. The molecule has 3 heterocycles. The molecule has 0 saturated heterocycles. The minimum absolute atomic E-state index is 0.0118. The first kappa shape index (κ1) is 21.8. The largest absolute Gasteiger partial charge is 0.512 e. The molecule has 0 atom stereocenters. The molecule has 0 spiro atoms. The summed E-state index contributed by atoms with van der Waals surface area (Å²) in [5.74, 6) is 0.631. The summed E-state index contributed by atoms with van der Waals surface area (Å²) in [5, 5.41) is 9.69. The summed E-state index contributed by atoms with van der Waals surface area (Å²) in [6, 6.07) is 21.9. The molecule has 180 valence electrons. The molecule has 3 aromatic carbocycles. The number of aromatic nitrogens is 1. The van der Waals surface area contributed by atoms with Gasteiger partial charge in [-0.05, 0) is 48.0 Å².